The van der Waals surface area contributed by atoms with Crippen molar-refractivity contribution < 1.29 is 9.84 Å². The predicted molar refractivity (Wildman–Crippen MR) is 128 cm³/mol. The Hall–Kier alpha value is -2.46. The van der Waals surface area contributed by atoms with Gasteiger partial charge < -0.3 is 14.7 Å². The van der Waals surface area contributed by atoms with Gasteiger partial charge in [-0.05, 0) is 43.6 Å². The number of nitrogens with zero attached hydrogens (tertiary/aromatic N) is 1. The van der Waals surface area contributed by atoms with Crippen molar-refractivity contribution >= 4 is 0 Å². The molecule has 1 unspecified atom stereocenters. The zero-order valence-corrected chi connectivity index (χ0v) is 18.8. The van der Waals surface area contributed by atoms with Crippen LogP contribution in [0.1, 0.15) is 49.3 Å². The molecule has 3 nitrogen and oxygen atoms in total. The lowest BCUT2D eigenvalue weighted by molar-refractivity contribution is -0.223. The minimum absolute atomic E-state index is 0.333. The monoisotopic (exact) mass is 417 g/mol. The molecular weight excluding hydrogens is 382 g/mol. The Kier molecular flexibility index (Phi) is 8.84. The maximum absolute atomic E-state index is 12.1. The summed E-state index contributed by atoms with van der Waals surface area (Å²) in [6.45, 7) is 8.07. The van der Waals surface area contributed by atoms with E-state index in [4.69, 9.17) is 4.74 Å². The van der Waals surface area contributed by atoms with Crippen LogP contribution in [0, 0.1) is 0 Å². The summed E-state index contributed by atoms with van der Waals surface area (Å²) in [6, 6.07) is 30.1. The van der Waals surface area contributed by atoms with E-state index in [2.05, 4.69) is 43.0 Å². The first-order valence-corrected chi connectivity index (χ1v) is 11.4. The minimum atomic E-state index is -1.46. The molecule has 3 aromatic rings. The van der Waals surface area contributed by atoms with Crippen LogP contribution in [-0.2, 0) is 10.5 Å². The number of benzene rings is 3. The molecule has 0 bridgehead atoms. The highest BCUT2D eigenvalue weighted by Gasteiger charge is 2.41. The van der Waals surface area contributed by atoms with Crippen LogP contribution in [0.15, 0.2) is 91.0 Å². The average Bonchev–Trinajstić information content (AvgIpc) is 2.83. The van der Waals surface area contributed by atoms with Crippen molar-refractivity contribution in [3.8, 4) is 0 Å². The van der Waals surface area contributed by atoms with Gasteiger partial charge in [0.25, 0.3) is 0 Å². The Morgan fingerprint density at radius 3 is 1.71 bits per heavy atom. The lowest BCUT2D eigenvalue weighted by atomic mass is 9.80. The topological polar surface area (TPSA) is 32.7 Å². The molecular formula is C28H35NO2. The first kappa shape index (κ1) is 23.2. The second-order valence-corrected chi connectivity index (χ2v) is 7.90. The summed E-state index contributed by atoms with van der Waals surface area (Å²) >= 11 is 0. The Bertz CT molecular complexity index is 826. The van der Waals surface area contributed by atoms with E-state index in [9.17, 15) is 5.11 Å². The molecule has 0 saturated heterocycles. The summed E-state index contributed by atoms with van der Waals surface area (Å²) in [5.74, 6) is -1.79. The van der Waals surface area contributed by atoms with Gasteiger partial charge in [0.2, 0.25) is 5.79 Å². The second kappa shape index (κ2) is 11.8. The Morgan fingerprint density at radius 2 is 1.23 bits per heavy atom. The summed E-state index contributed by atoms with van der Waals surface area (Å²) in [6.07, 6.45) is 1.95. The number of unbranched alkanes of at least 4 members (excludes halogenated alkanes) is 1. The minimum Gasteiger partial charge on any atom is -0.361 e. The summed E-state index contributed by atoms with van der Waals surface area (Å²) in [7, 11) is 0. The molecule has 31 heavy (non-hydrogen) atoms. The average molecular weight is 418 g/mol. The van der Waals surface area contributed by atoms with Gasteiger partial charge >= 0.3 is 0 Å². The summed E-state index contributed by atoms with van der Waals surface area (Å²) < 4.78 is 6.37. The molecule has 1 N–H and O–H groups in total. The zero-order chi connectivity index (χ0) is 21.9. The Morgan fingerprint density at radius 1 is 0.742 bits per heavy atom. The van der Waals surface area contributed by atoms with E-state index in [1.165, 1.54) is 0 Å². The van der Waals surface area contributed by atoms with Crippen molar-refractivity contribution in [2.75, 3.05) is 26.2 Å². The van der Waals surface area contributed by atoms with Crippen molar-refractivity contribution in [1.29, 1.82) is 0 Å². The normalized spacial score (nSPS) is 13.5. The highest BCUT2D eigenvalue weighted by molar-refractivity contribution is 5.38. The van der Waals surface area contributed by atoms with E-state index in [0.717, 1.165) is 49.2 Å². The van der Waals surface area contributed by atoms with Crippen molar-refractivity contribution in [3.63, 3.8) is 0 Å². The van der Waals surface area contributed by atoms with Crippen LogP contribution in [0.3, 0.4) is 0 Å². The van der Waals surface area contributed by atoms with Crippen LogP contribution in [-0.4, -0.2) is 36.2 Å². The van der Waals surface area contributed by atoms with Gasteiger partial charge in [0.1, 0.15) is 0 Å². The lowest BCUT2D eigenvalue weighted by Crippen LogP contribution is -2.38. The molecule has 0 fully saturated rings. The first-order valence-electron chi connectivity index (χ1n) is 11.4. The summed E-state index contributed by atoms with van der Waals surface area (Å²) in [5.41, 5.74) is 2.84. The maximum atomic E-state index is 12.1. The third-order valence-corrected chi connectivity index (χ3v) is 5.93. The van der Waals surface area contributed by atoms with Crippen molar-refractivity contribution in [3.05, 3.63) is 108 Å². The third kappa shape index (κ3) is 6.04. The van der Waals surface area contributed by atoms with Gasteiger partial charge in [-0.1, -0.05) is 105 Å². The fourth-order valence-electron chi connectivity index (χ4n) is 4.15. The summed E-state index contributed by atoms with van der Waals surface area (Å²) in [5, 5.41) is 12.1. The van der Waals surface area contributed by atoms with E-state index in [1.807, 2.05) is 66.7 Å². The highest BCUT2D eigenvalue weighted by Crippen LogP contribution is 2.42. The number of ether oxygens (including phenoxy) is 1. The van der Waals surface area contributed by atoms with E-state index >= 15 is 0 Å². The molecule has 1 atom stereocenters. The molecule has 3 rings (SSSR count). The van der Waals surface area contributed by atoms with E-state index in [1.54, 1.807) is 0 Å². The standard InChI is InChI=1S/C28H35NO2/c1-3-29(4-2)22-14-15-23-31-28(30,26-20-12-7-13-21-26)27(24-16-8-5-9-17-24)25-18-10-6-11-19-25/h5-13,16-21,27,30H,3-4,14-15,22-23H2,1-2H3. The molecule has 0 amide bonds. The Balaban J connectivity index is 1.89. The fourth-order valence-corrected chi connectivity index (χ4v) is 4.15. The fraction of sp³-hybridized carbons (Fsp3) is 0.357. The van der Waals surface area contributed by atoms with Crippen LogP contribution in [0.5, 0.6) is 0 Å². The van der Waals surface area contributed by atoms with Gasteiger partial charge in [-0.25, -0.2) is 0 Å². The third-order valence-electron chi connectivity index (χ3n) is 5.93. The van der Waals surface area contributed by atoms with E-state index < -0.39 is 5.79 Å². The molecule has 164 valence electrons. The van der Waals surface area contributed by atoms with E-state index in [0.29, 0.717) is 6.61 Å². The van der Waals surface area contributed by atoms with E-state index in [-0.39, 0.29) is 5.92 Å². The van der Waals surface area contributed by atoms with Crippen molar-refractivity contribution in [1.82, 2.24) is 4.90 Å². The van der Waals surface area contributed by atoms with Crippen LogP contribution in [0.4, 0.5) is 0 Å². The van der Waals surface area contributed by atoms with Crippen molar-refractivity contribution in [2.45, 2.75) is 38.4 Å². The maximum Gasteiger partial charge on any atom is 0.203 e. The van der Waals surface area contributed by atoms with Crippen LogP contribution >= 0.6 is 0 Å². The first-order chi connectivity index (χ1) is 15.2. The molecule has 0 heterocycles. The molecule has 0 aliphatic carbocycles. The van der Waals surface area contributed by atoms with Gasteiger partial charge in [-0.15, -0.1) is 0 Å². The molecule has 0 aliphatic heterocycles. The number of aliphatic hydroxyl groups is 1. The quantitative estimate of drug-likeness (QED) is 0.298. The lowest BCUT2D eigenvalue weighted by Gasteiger charge is -2.37. The molecule has 0 spiro atoms. The second-order valence-electron chi connectivity index (χ2n) is 7.90. The van der Waals surface area contributed by atoms with Gasteiger partial charge in [0, 0.05) is 5.56 Å². The van der Waals surface area contributed by atoms with Gasteiger partial charge in [0.15, 0.2) is 0 Å². The number of rotatable bonds is 12. The largest absolute Gasteiger partial charge is 0.361 e. The van der Waals surface area contributed by atoms with Gasteiger partial charge in [-0.2, -0.15) is 0 Å². The smallest absolute Gasteiger partial charge is 0.203 e. The van der Waals surface area contributed by atoms with Crippen LogP contribution < -0.4 is 0 Å². The molecule has 0 saturated carbocycles. The number of hydrogen-bond donors (Lipinski definition) is 1. The number of hydrogen-bond acceptors (Lipinski definition) is 3. The Labute approximate surface area is 187 Å². The highest BCUT2D eigenvalue weighted by atomic mass is 16.6. The molecule has 0 aliphatic rings. The molecule has 3 aromatic carbocycles. The van der Waals surface area contributed by atoms with Gasteiger partial charge in [-0.3, -0.25) is 0 Å². The van der Waals surface area contributed by atoms with Gasteiger partial charge in [0.05, 0.1) is 12.5 Å². The SMILES string of the molecule is CCN(CC)CCCCOC(O)(c1ccccc1)C(c1ccccc1)c1ccccc1. The summed E-state index contributed by atoms with van der Waals surface area (Å²) in [4.78, 5) is 2.42. The van der Waals surface area contributed by atoms with Crippen LogP contribution in [0.2, 0.25) is 0 Å². The molecule has 0 aromatic heterocycles. The molecule has 3 heteroatoms. The molecule has 0 radical (unpaired) electrons. The van der Waals surface area contributed by atoms with Crippen LogP contribution in [0.25, 0.3) is 0 Å². The zero-order valence-electron chi connectivity index (χ0n) is 18.8. The van der Waals surface area contributed by atoms with Crippen molar-refractivity contribution in [2.24, 2.45) is 0 Å². The predicted octanol–water partition coefficient (Wildman–Crippen LogP) is 5.80.